The number of likely N-dealkylation sites (tertiary alicyclic amines) is 1. The van der Waals surface area contributed by atoms with Gasteiger partial charge in [0, 0.05) is 42.1 Å². The number of allylic oxidation sites excluding steroid dienone is 1. The van der Waals surface area contributed by atoms with Gasteiger partial charge < -0.3 is 19.7 Å². The number of rotatable bonds is 6. The third-order valence-electron chi connectivity index (χ3n) is 7.96. The van der Waals surface area contributed by atoms with E-state index >= 15 is 0 Å². The number of benzene rings is 3. The lowest BCUT2D eigenvalue weighted by atomic mass is 9.86. The van der Waals surface area contributed by atoms with E-state index in [0.717, 1.165) is 27.8 Å². The van der Waals surface area contributed by atoms with Crippen LogP contribution in [0, 0.1) is 11.8 Å². The molecule has 37 heavy (non-hydrogen) atoms. The Morgan fingerprint density at radius 3 is 2.41 bits per heavy atom. The molecule has 3 aliphatic rings. The zero-order chi connectivity index (χ0) is 25.9. The number of piperidine rings is 1. The van der Waals surface area contributed by atoms with Crippen molar-refractivity contribution in [3.05, 3.63) is 83.4 Å². The van der Waals surface area contributed by atoms with Crippen molar-refractivity contribution in [2.24, 2.45) is 11.8 Å². The lowest BCUT2D eigenvalue weighted by molar-refractivity contribution is 0.0393. The van der Waals surface area contributed by atoms with E-state index in [4.69, 9.17) is 9.47 Å². The maximum atomic E-state index is 13.5. The zero-order valence-electron chi connectivity index (χ0n) is 20.7. The Bertz CT molecular complexity index is 1360. The summed E-state index contributed by atoms with van der Waals surface area (Å²) in [7, 11) is 0. The number of ether oxygens (including phenoxy) is 2. The number of halogens is 2. The predicted molar refractivity (Wildman–Crippen MR) is 137 cm³/mol. The molecule has 2 fully saturated rings. The van der Waals surface area contributed by atoms with Crippen LogP contribution < -0.4 is 9.47 Å². The summed E-state index contributed by atoms with van der Waals surface area (Å²) >= 11 is 0. The molecule has 5 nitrogen and oxygen atoms in total. The van der Waals surface area contributed by atoms with E-state index in [9.17, 15) is 19.0 Å². The van der Waals surface area contributed by atoms with Crippen LogP contribution in [0.5, 0.6) is 23.0 Å². The van der Waals surface area contributed by atoms with Crippen LogP contribution >= 0.6 is 0 Å². The van der Waals surface area contributed by atoms with Gasteiger partial charge >= 0.3 is 0 Å². The molecule has 1 aliphatic carbocycles. The summed E-state index contributed by atoms with van der Waals surface area (Å²) in [6.07, 6.45) is -0.426. The van der Waals surface area contributed by atoms with E-state index in [2.05, 4.69) is 4.90 Å². The fraction of sp³-hybridized carbons (Fsp3) is 0.333. The largest absolute Gasteiger partial charge is 0.508 e. The van der Waals surface area contributed by atoms with E-state index in [1.165, 1.54) is 0 Å². The quantitative estimate of drug-likeness (QED) is 0.422. The molecular formula is C30H29F2NO4. The minimum Gasteiger partial charge on any atom is -0.508 e. The van der Waals surface area contributed by atoms with Crippen LogP contribution in [-0.2, 0) is 0 Å². The second-order valence-corrected chi connectivity index (χ2v) is 10.3. The first kappa shape index (κ1) is 23.8. The molecule has 4 atom stereocenters. The summed E-state index contributed by atoms with van der Waals surface area (Å²) in [4.78, 5) is 2.08. The van der Waals surface area contributed by atoms with Crippen LogP contribution in [-0.4, -0.2) is 46.8 Å². The van der Waals surface area contributed by atoms with E-state index < -0.39 is 23.9 Å². The molecule has 7 heteroatoms. The van der Waals surface area contributed by atoms with E-state index in [1.54, 1.807) is 36.4 Å². The number of nitrogens with zero attached hydrogens (tertiary/aromatic N) is 1. The molecular weight excluding hydrogens is 476 g/mol. The minimum absolute atomic E-state index is 0.0563. The number of alkyl halides is 2. The molecule has 3 aromatic rings. The molecule has 0 amide bonds. The van der Waals surface area contributed by atoms with Gasteiger partial charge in [0.25, 0.3) is 5.92 Å². The zero-order valence-corrected chi connectivity index (χ0v) is 20.7. The Balaban J connectivity index is 1.21. The fourth-order valence-electron chi connectivity index (χ4n) is 5.68. The van der Waals surface area contributed by atoms with Crippen molar-refractivity contribution in [1.29, 1.82) is 0 Å². The van der Waals surface area contributed by atoms with Gasteiger partial charge in [0.2, 0.25) is 0 Å². The van der Waals surface area contributed by atoms with Gasteiger partial charge in [-0.25, -0.2) is 8.78 Å². The van der Waals surface area contributed by atoms with Gasteiger partial charge in [-0.1, -0.05) is 24.3 Å². The summed E-state index contributed by atoms with van der Waals surface area (Å²) in [5, 5.41) is 20.2. The molecule has 1 saturated heterocycles. The van der Waals surface area contributed by atoms with Crippen LogP contribution in [0.2, 0.25) is 0 Å². The molecule has 1 saturated carbocycles. The van der Waals surface area contributed by atoms with Crippen molar-refractivity contribution in [3.8, 4) is 23.0 Å². The van der Waals surface area contributed by atoms with Crippen molar-refractivity contribution in [1.82, 2.24) is 4.90 Å². The Labute approximate surface area is 214 Å². The number of aromatic hydroxyl groups is 2. The van der Waals surface area contributed by atoms with Crippen LogP contribution in [0.4, 0.5) is 8.78 Å². The highest BCUT2D eigenvalue weighted by molar-refractivity contribution is 5.95. The molecule has 6 rings (SSSR count). The molecule has 3 aromatic carbocycles. The summed E-state index contributed by atoms with van der Waals surface area (Å²) in [6, 6.07) is 19.9. The lowest BCUT2D eigenvalue weighted by Gasteiger charge is -2.31. The van der Waals surface area contributed by atoms with E-state index in [-0.39, 0.29) is 17.5 Å². The third kappa shape index (κ3) is 4.21. The Kier molecular flexibility index (Phi) is 5.64. The molecule has 0 spiro atoms. The molecule has 0 aromatic heterocycles. The second-order valence-electron chi connectivity index (χ2n) is 10.3. The first-order valence-electron chi connectivity index (χ1n) is 12.6. The lowest BCUT2D eigenvalue weighted by Crippen LogP contribution is -2.38. The highest BCUT2D eigenvalue weighted by Crippen LogP contribution is 2.59. The maximum absolute atomic E-state index is 13.5. The van der Waals surface area contributed by atoms with E-state index in [0.29, 0.717) is 31.2 Å². The normalized spacial score (nSPS) is 24.7. The van der Waals surface area contributed by atoms with Crippen molar-refractivity contribution >= 4 is 11.1 Å². The summed E-state index contributed by atoms with van der Waals surface area (Å²) in [5.41, 5.74) is 4.41. The van der Waals surface area contributed by atoms with Gasteiger partial charge in [-0.3, -0.25) is 4.90 Å². The molecule has 0 radical (unpaired) electrons. The van der Waals surface area contributed by atoms with Crippen LogP contribution in [0.25, 0.3) is 11.1 Å². The highest BCUT2D eigenvalue weighted by atomic mass is 19.3. The second kappa shape index (κ2) is 8.77. The van der Waals surface area contributed by atoms with Gasteiger partial charge in [0.1, 0.15) is 35.7 Å². The monoisotopic (exact) mass is 505 g/mol. The molecule has 2 heterocycles. The van der Waals surface area contributed by atoms with Gasteiger partial charge in [-0.15, -0.1) is 0 Å². The van der Waals surface area contributed by atoms with Crippen molar-refractivity contribution in [2.75, 3.05) is 19.7 Å². The smallest absolute Gasteiger partial charge is 0.257 e. The fourth-order valence-corrected chi connectivity index (χ4v) is 5.68. The Hall–Kier alpha value is -3.58. The first-order chi connectivity index (χ1) is 17.7. The SMILES string of the molecule is CC1=C(c2cccc(O)c2)C(c2ccc(OCC(C)N3CC4C(C3)C4(F)F)cc2)Oc2ccc(O)cc21. The van der Waals surface area contributed by atoms with Gasteiger partial charge in [-0.05, 0) is 73.0 Å². The Morgan fingerprint density at radius 1 is 1.00 bits per heavy atom. The summed E-state index contributed by atoms with van der Waals surface area (Å²) in [5.74, 6) is -1.76. The predicted octanol–water partition coefficient (Wildman–Crippen LogP) is 6.13. The van der Waals surface area contributed by atoms with Crippen molar-refractivity contribution in [2.45, 2.75) is 31.9 Å². The van der Waals surface area contributed by atoms with Crippen LogP contribution in [0.3, 0.4) is 0 Å². The van der Waals surface area contributed by atoms with Gasteiger partial charge in [0.15, 0.2) is 0 Å². The molecule has 2 N–H and O–H groups in total. The van der Waals surface area contributed by atoms with Gasteiger partial charge in [0.05, 0.1) is 0 Å². The number of hydrogen-bond acceptors (Lipinski definition) is 5. The average molecular weight is 506 g/mol. The van der Waals surface area contributed by atoms with Crippen molar-refractivity contribution in [3.63, 3.8) is 0 Å². The number of hydrogen-bond donors (Lipinski definition) is 2. The number of fused-ring (bicyclic) bond motifs is 2. The van der Waals surface area contributed by atoms with Crippen LogP contribution in [0.15, 0.2) is 66.7 Å². The highest BCUT2D eigenvalue weighted by Gasteiger charge is 2.71. The maximum Gasteiger partial charge on any atom is 0.257 e. The Morgan fingerprint density at radius 2 is 1.70 bits per heavy atom. The summed E-state index contributed by atoms with van der Waals surface area (Å²) in [6.45, 7) is 5.29. The molecule has 192 valence electrons. The first-order valence-corrected chi connectivity index (χ1v) is 12.6. The third-order valence-corrected chi connectivity index (χ3v) is 7.96. The topological polar surface area (TPSA) is 62.2 Å². The molecule has 2 aliphatic heterocycles. The molecule has 0 bridgehead atoms. The standard InChI is InChI=1S/C30H29F2NO4/c1-17(33-14-25-26(15-33)30(25,31)32)16-36-23-9-6-19(7-10-23)29-28(20-4-3-5-21(34)12-20)18(2)24-13-22(35)8-11-27(24)37-29/h3-13,17,25-26,29,34-35H,14-16H2,1-2H3. The minimum atomic E-state index is -2.47. The number of phenols is 2. The average Bonchev–Trinajstić information content (AvgIpc) is 3.20. The molecule has 4 unspecified atom stereocenters. The summed E-state index contributed by atoms with van der Waals surface area (Å²) < 4.78 is 39.4. The van der Waals surface area contributed by atoms with Gasteiger partial charge in [-0.2, -0.15) is 0 Å². The van der Waals surface area contributed by atoms with E-state index in [1.807, 2.05) is 44.2 Å². The van der Waals surface area contributed by atoms with Crippen LogP contribution in [0.1, 0.15) is 36.6 Å². The number of phenolic OH excluding ortho intramolecular Hbond substituents is 2. The van der Waals surface area contributed by atoms with Crippen molar-refractivity contribution < 1.29 is 28.5 Å².